The summed E-state index contributed by atoms with van der Waals surface area (Å²) in [6.45, 7) is 2.79. The molecule has 0 aromatic rings. The minimum Gasteiger partial charge on any atom is -0.229 e. The minimum atomic E-state index is -5.31. The molecule has 0 rings (SSSR count). The van der Waals surface area contributed by atoms with E-state index >= 15 is 0 Å². The van der Waals surface area contributed by atoms with Crippen molar-refractivity contribution in [1.29, 1.82) is 0 Å². The van der Waals surface area contributed by atoms with E-state index in [1.165, 1.54) is 0 Å². The highest BCUT2D eigenvalue weighted by Gasteiger charge is 2.63. The van der Waals surface area contributed by atoms with E-state index in [-0.39, 0.29) is 13.0 Å². The number of alkyl halides is 5. The van der Waals surface area contributed by atoms with Crippen LogP contribution < -0.4 is 0 Å². The molecule has 72 valence electrons. The maximum atomic E-state index is 12.7. The normalized spacial score (nSPS) is 22.6. The highest BCUT2D eigenvalue weighted by Crippen LogP contribution is 2.46. The van der Waals surface area contributed by atoms with Crippen LogP contribution in [0, 0.1) is 0 Å². The third kappa shape index (κ3) is 1.73. The molecule has 0 aromatic carbocycles. The number of halogens is 5. The van der Waals surface area contributed by atoms with Crippen molar-refractivity contribution in [3.63, 3.8) is 0 Å². The van der Waals surface area contributed by atoms with Crippen molar-refractivity contribution in [2.75, 3.05) is 0 Å². The predicted molar refractivity (Wildman–Crippen MR) is 38.6 cm³/mol. The van der Waals surface area contributed by atoms with Gasteiger partial charge in [0.15, 0.2) is 0 Å². The second-order valence-corrected chi connectivity index (χ2v) is 3.03. The number of hydrogen-bond acceptors (Lipinski definition) is 1. The van der Waals surface area contributed by atoms with Crippen LogP contribution in [-0.4, -0.2) is 16.8 Å². The van der Waals surface area contributed by atoms with E-state index in [0.29, 0.717) is 0 Å². The molecule has 0 saturated heterocycles. The first-order valence-corrected chi connectivity index (χ1v) is 3.31. The fourth-order valence-electron chi connectivity index (χ4n) is 0.390. The van der Waals surface area contributed by atoms with Crippen molar-refractivity contribution in [3.05, 3.63) is 12.7 Å². The van der Waals surface area contributed by atoms with Crippen molar-refractivity contribution in [2.45, 2.75) is 23.8 Å². The molecular formula is C6H7F5S. The summed E-state index contributed by atoms with van der Waals surface area (Å²) >= 11 is 2.88. The lowest BCUT2D eigenvalue weighted by Gasteiger charge is -2.31. The zero-order valence-electron chi connectivity index (χ0n) is 6.12. The maximum absolute atomic E-state index is 12.7. The van der Waals surface area contributed by atoms with Crippen molar-refractivity contribution in [3.8, 4) is 0 Å². The molecule has 0 fully saturated rings. The van der Waals surface area contributed by atoms with E-state index in [9.17, 15) is 22.0 Å². The summed E-state index contributed by atoms with van der Waals surface area (Å²) in [4.78, 5) is 0. The average Bonchev–Trinajstić information content (AvgIpc) is 1.85. The molecule has 0 nitrogen and oxygen atoms in total. The SMILES string of the molecule is C=CC(F)(S)C(C)(F)C(F)(F)F. The molecule has 12 heavy (non-hydrogen) atoms. The van der Waals surface area contributed by atoms with Crippen LogP contribution in [0.5, 0.6) is 0 Å². The van der Waals surface area contributed by atoms with Crippen LogP contribution in [0.1, 0.15) is 6.92 Å². The van der Waals surface area contributed by atoms with Crippen LogP contribution in [0.4, 0.5) is 22.0 Å². The molecule has 2 unspecified atom stereocenters. The zero-order valence-corrected chi connectivity index (χ0v) is 7.02. The van der Waals surface area contributed by atoms with Gasteiger partial charge in [-0.05, 0) is 13.0 Å². The summed E-state index contributed by atoms with van der Waals surface area (Å²) in [5.41, 5.74) is -4.04. The zero-order chi connectivity index (χ0) is 10.2. The van der Waals surface area contributed by atoms with E-state index in [0.717, 1.165) is 0 Å². The Bertz CT molecular complexity index is 181. The van der Waals surface area contributed by atoms with Gasteiger partial charge in [0.1, 0.15) is 0 Å². The van der Waals surface area contributed by atoms with Crippen molar-refractivity contribution in [2.24, 2.45) is 0 Å². The van der Waals surface area contributed by atoms with Gasteiger partial charge in [-0.3, -0.25) is 0 Å². The molecule has 0 spiro atoms. The molecular weight excluding hydrogens is 199 g/mol. The Hall–Kier alpha value is -0.260. The third-order valence-electron chi connectivity index (χ3n) is 1.46. The molecule has 0 aliphatic heterocycles. The lowest BCUT2D eigenvalue weighted by molar-refractivity contribution is -0.242. The van der Waals surface area contributed by atoms with Gasteiger partial charge in [-0.25, -0.2) is 8.78 Å². The van der Waals surface area contributed by atoms with Crippen LogP contribution in [0.2, 0.25) is 0 Å². The van der Waals surface area contributed by atoms with Crippen molar-refractivity contribution in [1.82, 2.24) is 0 Å². The molecule has 6 heteroatoms. The Morgan fingerprint density at radius 1 is 1.17 bits per heavy atom. The molecule has 0 N–H and O–H groups in total. The molecule has 0 heterocycles. The first kappa shape index (κ1) is 11.7. The molecule has 0 aliphatic carbocycles. The number of thiol groups is 1. The van der Waals surface area contributed by atoms with Gasteiger partial charge in [0, 0.05) is 0 Å². The second-order valence-electron chi connectivity index (χ2n) is 2.38. The lowest BCUT2D eigenvalue weighted by atomic mass is 10.0. The Labute approximate surface area is 71.9 Å². The molecule has 0 aromatic heterocycles. The topological polar surface area (TPSA) is 0 Å². The third-order valence-corrected chi connectivity index (χ3v) is 2.06. The largest absolute Gasteiger partial charge is 0.426 e. The number of rotatable bonds is 2. The summed E-state index contributed by atoms with van der Waals surface area (Å²) in [6, 6.07) is 0. The van der Waals surface area contributed by atoms with Crippen molar-refractivity contribution >= 4 is 12.6 Å². The molecule has 0 aliphatic rings. The summed E-state index contributed by atoms with van der Waals surface area (Å²) in [6.07, 6.45) is -5.14. The molecule has 0 amide bonds. The Morgan fingerprint density at radius 2 is 1.50 bits per heavy atom. The van der Waals surface area contributed by atoms with E-state index in [1.807, 2.05) is 0 Å². The van der Waals surface area contributed by atoms with Gasteiger partial charge in [-0.2, -0.15) is 13.2 Å². The first-order valence-electron chi connectivity index (χ1n) is 2.87. The lowest BCUT2D eigenvalue weighted by Crippen LogP contribution is -2.51. The molecule has 2 atom stereocenters. The summed E-state index contributed by atoms with van der Waals surface area (Å²) in [5, 5.41) is -3.41. The van der Waals surface area contributed by atoms with E-state index < -0.39 is 16.8 Å². The maximum Gasteiger partial charge on any atom is 0.426 e. The summed E-state index contributed by atoms with van der Waals surface area (Å²) in [5.74, 6) is 0. The van der Waals surface area contributed by atoms with Crippen LogP contribution >= 0.6 is 12.6 Å². The highest BCUT2D eigenvalue weighted by atomic mass is 32.1. The van der Waals surface area contributed by atoms with Crippen LogP contribution in [0.3, 0.4) is 0 Å². The molecule has 0 saturated carbocycles. The molecule has 0 radical (unpaired) electrons. The van der Waals surface area contributed by atoms with Crippen molar-refractivity contribution < 1.29 is 22.0 Å². The first-order chi connectivity index (χ1) is 5.06. The van der Waals surface area contributed by atoms with E-state index in [2.05, 4.69) is 19.2 Å². The van der Waals surface area contributed by atoms with Gasteiger partial charge in [-0.1, -0.05) is 6.58 Å². The van der Waals surface area contributed by atoms with Gasteiger partial charge in [0.25, 0.3) is 0 Å². The Morgan fingerprint density at radius 3 is 1.58 bits per heavy atom. The Balaban J connectivity index is 4.97. The van der Waals surface area contributed by atoms with E-state index in [4.69, 9.17) is 0 Å². The van der Waals surface area contributed by atoms with Crippen LogP contribution in [0.15, 0.2) is 12.7 Å². The summed E-state index contributed by atoms with van der Waals surface area (Å²) < 4.78 is 60.9. The Kier molecular flexibility index (Phi) is 2.84. The fraction of sp³-hybridized carbons (Fsp3) is 0.667. The molecule has 0 bridgehead atoms. The van der Waals surface area contributed by atoms with Crippen LogP contribution in [0.25, 0.3) is 0 Å². The number of hydrogen-bond donors (Lipinski definition) is 1. The van der Waals surface area contributed by atoms with E-state index in [1.54, 1.807) is 0 Å². The standard InChI is InChI=1S/C6H7F5S/c1-3-5(8,12)4(2,7)6(9,10)11/h3,12H,1H2,2H3. The van der Waals surface area contributed by atoms with Gasteiger partial charge in [-0.15, -0.1) is 12.6 Å². The monoisotopic (exact) mass is 206 g/mol. The second kappa shape index (κ2) is 2.90. The predicted octanol–water partition coefficient (Wildman–Crippen LogP) is 3.06. The van der Waals surface area contributed by atoms with Gasteiger partial charge < -0.3 is 0 Å². The fourth-order valence-corrected chi connectivity index (χ4v) is 0.517. The van der Waals surface area contributed by atoms with Gasteiger partial charge >= 0.3 is 6.18 Å². The minimum absolute atomic E-state index is 0.0711. The quantitative estimate of drug-likeness (QED) is 0.400. The smallest absolute Gasteiger partial charge is 0.229 e. The van der Waals surface area contributed by atoms with Gasteiger partial charge in [0.2, 0.25) is 10.7 Å². The van der Waals surface area contributed by atoms with Gasteiger partial charge in [0.05, 0.1) is 0 Å². The summed E-state index contributed by atoms with van der Waals surface area (Å²) in [7, 11) is 0. The average molecular weight is 206 g/mol. The highest BCUT2D eigenvalue weighted by molar-refractivity contribution is 7.81. The van der Waals surface area contributed by atoms with Crippen LogP contribution in [-0.2, 0) is 0 Å².